The molecule has 3 aliphatic rings. The van der Waals surface area contributed by atoms with E-state index >= 15 is 0 Å². The predicted octanol–water partition coefficient (Wildman–Crippen LogP) is 2.99. The summed E-state index contributed by atoms with van der Waals surface area (Å²) in [6.45, 7) is 1.27. The molecular weight excluding hydrogens is 378 g/mol. The zero-order chi connectivity index (χ0) is 20.7. The molecule has 2 fully saturated rings. The number of para-hydroxylation sites is 1. The minimum Gasteiger partial charge on any atom is -0.381 e. The molecule has 152 valence electrons. The van der Waals surface area contributed by atoms with Crippen LogP contribution in [-0.4, -0.2) is 36.0 Å². The fraction of sp³-hybridized carbons (Fsp3) is 0.348. The van der Waals surface area contributed by atoms with Crippen molar-refractivity contribution in [2.45, 2.75) is 37.3 Å². The molecule has 30 heavy (non-hydrogen) atoms. The van der Waals surface area contributed by atoms with Gasteiger partial charge in [0.05, 0.1) is 23.2 Å². The summed E-state index contributed by atoms with van der Waals surface area (Å²) in [6.07, 6.45) is 2.55. The highest BCUT2D eigenvalue weighted by atomic mass is 16.5. The molecule has 0 aromatic heterocycles. The van der Waals surface area contributed by atoms with Gasteiger partial charge in [-0.3, -0.25) is 15.1 Å². The van der Waals surface area contributed by atoms with E-state index in [1.807, 2.05) is 36.4 Å². The third-order valence-corrected chi connectivity index (χ3v) is 6.36. The molecule has 1 amide bonds. The fourth-order valence-corrected chi connectivity index (χ4v) is 4.87. The van der Waals surface area contributed by atoms with Crippen LogP contribution < -0.4 is 10.6 Å². The van der Waals surface area contributed by atoms with Gasteiger partial charge in [-0.05, 0) is 42.2 Å². The summed E-state index contributed by atoms with van der Waals surface area (Å²) in [5.74, 6) is 0.196. The summed E-state index contributed by atoms with van der Waals surface area (Å²) in [7, 11) is 0. The topological polar surface area (TPSA) is 101 Å². The minimum absolute atomic E-state index is 0.00416. The number of nitrogens with one attached hydrogen (secondary N) is 3. The van der Waals surface area contributed by atoms with Crippen molar-refractivity contribution in [1.29, 1.82) is 10.7 Å². The number of anilines is 2. The normalized spacial score (nSPS) is 23.4. The van der Waals surface area contributed by atoms with Gasteiger partial charge < -0.3 is 15.4 Å². The molecule has 1 aliphatic carbocycles. The molecule has 1 spiro atoms. The van der Waals surface area contributed by atoms with Crippen LogP contribution in [0, 0.1) is 16.7 Å². The van der Waals surface area contributed by atoms with Gasteiger partial charge >= 0.3 is 0 Å². The van der Waals surface area contributed by atoms with Crippen LogP contribution in [0.15, 0.2) is 42.5 Å². The highest BCUT2D eigenvalue weighted by molar-refractivity contribution is 6.00. The van der Waals surface area contributed by atoms with E-state index in [1.165, 1.54) is 0 Å². The van der Waals surface area contributed by atoms with Crippen molar-refractivity contribution in [3.63, 3.8) is 0 Å². The van der Waals surface area contributed by atoms with E-state index in [-0.39, 0.29) is 17.9 Å². The Bertz CT molecular complexity index is 1050. The van der Waals surface area contributed by atoms with Gasteiger partial charge in [-0.1, -0.05) is 24.3 Å². The first-order valence-electron chi connectivity index (χ1n) is 10.3. The number of carbonyl (C=O) groups excluding carboxylic acids is 1. The lowest BCUT2D eigenvalue weighted by Gasteiger charge is -2.51. The Labute approximate surface area is 175 Å². The summed E-state index contributed by atoms with van der Waals surface area (Å²) >= 11 is 0. The molecule has 7 heteroatoms. The van der Waals surface area contributed by atoms with Crippen LogP contribution in [0.3, 0.4) is 0 Å². The van der Waals surface area contributed by atoms with Gasteiger partial charge in [0.2, 0.25) is 5.91 Å². The second kappa shape index (κ2) is 7.15. The molecule has 3 N–H and O–H groups in total. The molecular formula is C23H23N5O2. The zero-order valence-electron chi connectivity index (χ0n) is 16.6. The highest BCUT2D eigenvalue weighted by Gasteiger charge is 2.51. The number of rotatable bonds is 3. The monoisotopic (exact) mass is 401 g/mol. The van der Waals surface area contributed by atoms with Crippen molar-refractivity contribution in [2.24, 2.45) is 0 Å². The van der Waals surface area contributed by atoms with Crippen molar-refractivity contribution in [2.75, 3.05) is 18.5 Å². The predicted molar refractivity (Wildman–Crippen MR) is 112 cm³/mol. The summed E-state index contributed by atoms with van der Waals surface area (Å²) in [6, 6.07) is 15.6. The third-order valence-electron chi connectivity index (χ3n) is 6.36. The largest absolute Gasteiger partial charge is 0.381 e. The standard InChI is InChI=1S/C23H23N5O2/c24-14-15-4-1-2-6-19(15)26-20-7-3-5-18-17(20)12-23(18)13-21(29)28(22(25)27-23)16-8-10-30-11-9-16/h1-7,16,26H,8-13H2,(H2,25,27)/t23-/m0/s1. The van der Waals surface area contributed by atoms with E-state index < -0.39 is 5.54 Å². The van der Waals surface area contributed by atoms with Crippen LogP contribution in [-0.2, 0) is 21.5 Å². The number of hydrogen-bond donors (Lipinski definition) is 3. The summed E-state index contributed by atoms with van der Waals surface area (Å²) in [5.41, 5.74) is 3.94. The molecule has 7 nitrogen and oxygen atoms in total. The first kappa shape index (κ1) is 18.6. The molecule has 5 rings (SSSR count). The Balaban J connectivity index is 1.39. The first-order valence-corrected chi connectivity index (χ1v) is 10.3. The molecule has 2 aromatic rings. The molecule has 0 bridgehead atoms. The number of guanidine groups is 1. The van der Waals surface area contributed by atoms with E-state index in [0.29, 0.717) is 31.6 Å². The summed E-state index contributed by atoms with van der Waals surface area (Å²) in [4.78, 5) is 14.7. The van der Waals surface area contributed by atoms with Crippen molar-refractivity contribution < 1.29 is 9.53 Å². The van der Waals surface area contributed by atoms with Crippen molar-refractivity contribution >= 4 is 23.2 Å². The number of carbonyl (C=O) groups is 1. The Morgan fingerprint density at radius 2 is 1.90 bits per heavy atom. The Morgan fingerprint density at radius 1 is 1.13 bits per heavy atom. The van der Waals surface area contributed by atoms with Crippen molar-refractivity contribution in [1.82, 2.24) is 10.2 Å². The van der Waals surface area contributed by atoms with E-state index in [2.05, 4.69) is 16.7 Å². The Morgan fingerprint density at radius 3 is 2.67 bits per heavy atom. The van der Waals surface area contributed by atoms with Crippen molar-refractivity contribution in [3.8, 4) is 6.07 Å². The van der Waals surface area contributed by atoms with Gasteiger partial charge in [0.15, 0.2) is 5.96 Å². The number of benzene rings is 2. The third kappa shape index (κ3) is 2.92. The highest BCUT2D eigenvalue weighted by Crippen LogP contribution is 2.47. The van der Waals surface area contributed by atoms with Gasteiger partial charge in [0.25, 0.3) is 0 Å². The second-order valence-corrected chi connectivity index (χ2v) is 8.13. The van der Waals surface area contributed by atoms with Crippen LogP contribution in [0.5, 0.6) is 0 Å². The molecule has 2 aliphatic heterocycles. The number of nitrogens with zero attached hydrogens (tertiary/aromatic N) is 2. The molecule has 2 saturated heterocycles. The van der Waals surface area contributed by atoms with Crippen LogP contribution in [0.4, 0.5) is 11.4 Å². The lowest BCUT2D eigenvalue weighted by Crippen LogP contribution is -2.66. The molecule has 0 unspecified atom stereocenters. The van der Waals surface area contributed by atoms with Crippen LogP contribution in [0.2, 0.25) is 0 Å². The zero-order valence-corrected chi connectivity index (χ0v) is 16.6. The molecule has 2 aromatic carbocycles. The summed E-state index contributed by atoms with van der Waals surface area (Å²) < 4.78 is 5.40. The van der Waals surface area contributed by atoms with E-state index in [1.54, 1.807) is 11.0 Å². The van der Waals surface area contributed by atoms with E-state index in [9.17, 15) is 10.1 Å². The number of nitriles is 1. The maximum Gasteiger partial charge on any atom is 0.232 e. The number of fused-ring (bicyclic) bond motifs is 2. The quantitative estimate of drug-likeness (QED) is 0.734. The molecule has 1 atom stereocenters. The maximum atomic E-state index is 13.0. The lowest BCUT2D eigenvalue weighted by atomic mass is 9.67. The van der Waals surface area contributed by atoms with Gasteiger partial charge in [0.1, 0.15) is 6.07 Å². The maximum absolute atomic E-state index is 13.0. The van der Waals surface area contributed by atoms with Crippen LogP contribution in [0.25, 0.3) is 0 Å². The minimum atomic E-state index is -0.516. The Hall–Kier alpha value is -3.37. The summed E-state index contributed by atoms with van der Waals surface area (Å²) in [5, 5.41) is 24.6. The second-order valence-electron chi connectivity index (χ2n) is 8.13. The number of ether oxygens (including phenoxy) is 1. The van der Waals surface area contributed by atoms with Crippen LogP contribution in [0.1, 0.15) is 36.0 Å². The Kier molecular flexibility index (Phi) is 4.44. The average molecular weight is 401 g/mol. The SMILES string of the molecule is N#Cc1ccccc1Nc1cccc2c1C[C@]21CC(=O)N(C2CCOCC2)C(=N)N1. The van der Waals surface area contributed by atoms with E-state index in [0.717, 1.165) is 35.3 Å². The van der Waals surface area contributed by atoms with Gasteiger partial charge in [-0.25, -0.2) is 0 Å². The van der Waals surface area contributed by atoms with Crippen LogP contribution >= 0.6 is 0 Å². The van der Waals surface area contributed by atoms with Gasteiger partial charge in [-0.15, -0.1) is 0 Å². The van der Waals surface area contributed by atoms with Gasteiger partial charge in [-0.2, -0.15) is 5.26 Å². The van der Waals surface area contributed by atoms with Gasteiger partial charge in [0, 0.05) is 31.4 Å². The fourth-order valence-electron chi connectivity index (χ4n) is 4.87. The average Bonchev–Trinajstić information content (AvgIpc) is 2.75. The first-order chi connectivity index (χ1) is 14.6. The lowest BCUT2D eigenvalue weighted by molar-refractivity contribution is -0.134. The molecule has 0 radical (unpaired) electrons. The number of amides is 1. The molecule has 0 saturated carbocycles. The smallest absolute Gasteiger partial charge is 0.232 e. The number of hydrogen-bond acceptors (Lipinski definition) is 5. The molecule has 2 heterocycles. The van der Waals surface area contributed by atoms with E-state index in [4.69, 9.17) is 10.1 Å². The van der Waals surface area contributed by atoms with Crippen molar-refractivity contribution in [3.05, 3.63) is 59.2 Å².